The van der Waals surface area contributed by atoms with E-state index in [4.69, 9.17) is 11.6 Å². The van der Waals surface area contributed by atoms with E-state index >= 15 is 0 Å². The quantitative estimate of drug-likeness (QED) is 0.777. The second-order valence-corrected chi connectivity index (χ2v) is 6.44. The number of benzene rings is 1. The van der Waals surface area contributed by atoms with Gasteiger partial charge in [-0.25, -0.2) is 0 Å². The first kappa shape index (κ1) is 10.7. The molecule has 0 spiro atoms. The van der Waals surface area contributed by atoms with Gasteiger partial charge in [0.2, 0.25) is 0 Å². The van der Waals surface area contributed by atoms with Crippen molar-refractivity contribution in [1.29, 1.82) is 0 Å². The SMILES string of the molecule is OC1c2ccccc2SCc2sc(Cl)cc21. The van der Waals surface area contributed by atoms with Crippen LogP contribution in [0.25, 0.3) is 0 Å². The highest BCUT2D eigenvalue weighted by molar-refractivity contribution is 7.98. The van der Waals surface area contributed by atoms with Gasteiger partial charge in [-0.05, 0) is 17.7 Å². The molecule has 1 aromatic carbocycles. The van der Waals surface area contributed by atoms with E-state index in [0.717, 1.165) is 26.1 Å². The summed E-state index contributed by atoms with van der Waals surface area (Å²) < 4.78 is 0.754. The molecule has 4 heteroatoms. The molecule has 16 heavy (non-hydrogen) atoms. The van der Waals surface area contributed by atoms with Gasteiger partial charge in [-0.3, -0.25) is 0 Å². The second kappa shape index (κ2) is 4.08. The lowest BCUT2D eigenvalue weighted by Crippen LogP contribution is -1.99. The van der Waals surface area contributed by atoms with Crippen LogP contribution >= 0.6 is 34.7 Å². The number of hydrogen-bond acceptors (Lipinski definition) is 3. The second-order valence-electron chi connectivity index (χ2n) is 3.66. The van der Waals surface area contributed by atoms with Crippen molar-refractivity contribution in [3.8, 4) is 0 Å². The molecule has 0 bridgehead atoms. The summed E-state index contributed by atoms with van der Waals surface area (Å²) in [6, 6.07) is 9.89. The average Bonchev–Trinajstić information content (AvgIpc) is 2.62. The Bertz CT molecular complexity index is 536. The zero-order chi connectivity index (χ0) is 11.1. The highest BCUT2D eigenvalue weighted by Gasteiger charge is 2.23. The topological polar surface area (TPSA) is 20.2 Å². The van der Waals surface area contributed by atoms with Crippen molar-refractivity contribution in [1.82, 2.24) is 0 Å². The van der Waals surface area contributed by atoms with Crippen LogP contribution in [0.15, 0.2) is 35.2 Å². The van der Waals surface area contributed by atoms with Crippen LogP contribution in [0.4, 0.5) is 0 Å². The van der Waals surface area contributed by atoms with E-state index in [1.807, 2.05) is 24.3 Å². The van der Waals surface area contributed by atoms with Gasteiger partial charge < -0.3 is 5.11 Å². The Labute approximate surface area is 107 Å². The fourth-order valence-corrected chi connectivity index (χ4v) is 4.40. The number of thioether (sulfide) groups is 1. The minimum absolute atomic E-state index is 0.537. The molecule has 3 rings (SSSR count). The molecule has 0 radical (unpaired) electrons. The zero-order valence-corrected chi connectivity index (χ0v) is 10.7. The third-order valence-corrected chi connectivity index (χ3v) is 5.26. The molecule has 2 heterocycles. The first-order chi connectivity index (χ1) is 7.75. The van der Waals surface area contributed by atoms with Crippen LogP contribution in [-0.2, 0) is 5.75 Å². The van der Waals surface area contributed by atoms with Crippen LogP contribution in [-0.4, -0.2) is 5.11 Å². The number of fused-ring (bicyclic) bond motifs is 2. The van der Waals surface area contributed by atoms with Gasteiger partial charge in [-0.15, -0.1) is 23.1 Å². The Morgan fingerprint density at radius 2 is 2.06 bits per heavy atom. The smallest absolute Gasteiger partial charge is 0.106 e. The van der Waals surface area contributed by atoms with Gasteiger partial charge in [0.15, 0.2) is 0 Å². The molecule has 1 atom stereocenters. The summed E-state index contributed by atoms with van der Waals surface area (Å²) in [5.41, 5.74) is 1.95. The summed E-state index contributed by atoms with van der Waals surface area (Å²) >= 11 is 9.32. The van der Waals surface area contributed by atoms with Crippen molar-refractivity contribution in [2.24, 2.45) is 0 Å². The molecular weight excluding hydrogens is 260 g/mol. The van der Waals surface area contributed by atoms with E-state index < -0.39 is 6.10 Å². The Morgan fingerprint density at radius 3 is 2.94 bits per heavy atom. The van der Waals surface area contributed by atoms with E-state index in [1.54, 1.807) is 23.1 Å². The molecule has 1 aliphatic rings. The third kappa shape index (κ3) is 1.68. The summed E-state index contributed by atoms with van der Waals surface area (Å²) in [4.78, 5) is 2.34. The van der Waals surface area contributed by atoms with E-state index in [9.17, 15) is 5.11 Å². The number of aliphatic hydroxyl groups excluding tert-OH is 1. The van der Waals surface area contributed by atoms with Gasteiger partial charge in [0.1, 0.15) is 6.10 Å². The molecule has 1 aliphatic heterocycles. The molecule has 2 aromatic rings. The first-order valence-electron chi connectivity index (χ1n) is 4.93. The van der Waals surface area contributed by atoms with Crippen LogP contribution in [0, 0.1) is 0 Å². The minimum Gasteiger partial charge on any atom is -0.384 e. The fraction of sp³-hybridized carbons (Fsp3) is 0.167. The lowest BCUT2D eigenvalue weighted by molar-refractivity contribution is 0.217. The molecule has 0 aliphatic carbocycles. The highest BCUT2D eigenvalue weighted by atomic mass is 35.5. The van der Waals surface area contributed by atoms with Crippen molar-refractivity contribution >= 4 is 34.7 Å². The molecule has 0 amide bonds. The summed E-state index contributed by atoms with van der Waals surface area (Å²) in [5.74, 6) is 0.890. The van der Waals surface area contributed by atoms with Crippen LogP contribution in [0.2, 0.25) is 4.34 Å². The van der Waals surface area contributed by atoms with Crippen molar-refractivity contribution in [3.05, 3.63) is 50.7 Å². The molecule has 1 N–H and O–H groups in total. The number of thiophene rings is 1. The van der Waals surface area contributed by atoms with Gasteiger partial charge in [-0.2, -0.15) is 0 Å². The Morgan fingerprint density at radius 1 is 1.25 bits per heavy atom. The van der Waals surface area contributed by atoms with Crippen molar-refractivity contribution in [2.45, 2.75) is 16.8 Å². The number of rotatable bonds is 0. The molecule has 1 nitrogen and oxygen atoms in total. The van der Waals surface area contributed by atoms with Gasteiger partial charge in [0, 0.05) is 21.1 Å². The molecular formula is C12H9ClOS2. The van der Waals surface area contributed by atoms with Crippen LogP contribution in [0.1, 0.15) is 22.1 Å². The summed E-state index contributed by atoms with van der Waals surface area (Å²) in [6.07, 6.45) is -0.537. The van der Waals surface area contributed by atoms with E-state index in [0.29, 0.717) is 0 Å². The van der Waals surface area contributed by atoms with Crippen molar-refractivity contribution in [2.75, 3.05) is 0 Å². The summed E-state index contributed by atoms with van der Waals surface area (Å²) in [7, 11) is 0. The number of hydrogen-bond donors (Lipinski definition) is 1. The maximum absolute atomic E-state index is 10.3. The maximum Gasteiger partial charge on any atom is 0.106 e. The largest absolute Gasteiger partial charge is 0.384 e. The van der Waals surface area contributed by atoms with Gasteiger partial charge in [-0.1, -0.05) is 29.8 Å². The van der Waals surface area contributed by atoms with Crippen LogP contribution in [0.3, 0.4) is 0 Å². The zero-order valence-electron chi connectivity index (χ0n) is 8.31. The molecule has 1 aromatic heterocycles. The summed E-state index contributed by atoms with van der Waals surface area (Å²) in [5, 5.41) is 10.3. The Hall–Kier alpha value is -0.480. The minimum atomic E-state index is -0.537. The Kier molecular flexibility index (Phi) is 2.72. The van der Waals surface area contributed by atoms with Crippen molar-refractivity contribution in [3.63, 3.8) is 0 Å². The number of halogens is 1. The predicted octanol–water partition coefficient (Wildman–Crippen LogP) is 4.09. The maximum atomic E-state index is 10.3. The highest BCUT2D eigenvalue weighted by Crippen LogP contribution is 2.43. The van der Waals surface area contributed by atoms with E-state index in [1.165, 1.54) is 4.88 Å². The molecule has 1 unspecified atom stereocenters. The fourth-order valence-electron chi connectivity index (χ4n) is 1.90. The summed E-state index contributed by atoms with van der Waals surface area (Å²) in [6.45, 7) is 0. The molecule has 0 saturated heterocycles. The third-order valence-electron chi connectivity index (χ3n) is 2.68. The Balaban J connectivity index is 2.16. The monoisotopic (exact) mass is 268 g/mol. The van der Waals surface area contributed by atoms with E-state index in [-0.39, 0.29) is 0 Å². The van der Waals surface area contributed by atoms with Crippen LogP contribution < -0.4 is 0 Å². The van der Waals surface area contributed by atoms with E-state index in [2.05, 4.69) is 6.07 Å². The number of aliphatic hydroxyl groups is 1. The standard InChI is InChI=1S/C12H9ClOS2/c13-11-5-8-10(16-11)6-15-9-4-2-1-3-7(9)12(8)14/h1-5,12,14H,6H2. The van der Waals surface area contributed by atoms with Gasteiger partial charge >= 0.3 is 0 Å². The molecule has 0 fully saturated rings. The predicted molar refractivity (Wildman–Crippen MR) is 69.4 cm³/mol. The lowest BCUT2D eigenvalue weighted by Gasteiger charge is -2.10. The van der Waals surface area contributed by atoms with Gasteiger partial charge in [0.05, 0.1) is 4.34 Å². The first-order valence-corrected chi connectivity index (χ1v) is 7.11. The molecule has 82 valence electrons. The average molecular weight is 269 g/mol. The normalized spacial score (nSPS) is 18.8. The van der Waals surface area contributed by atoms with Crippen LogP contribution in [0.5, 0.6) is 0 Å². The van der Waals surface area contributed by atoms with Gasteiger partial charge in [0.25, 0.3) is 0 Å². The molecule has 0 saturated carbocycles. The lowest BCUT2D eigenvalue weighted by atomic mass is 10.0. The van der Waals surface area contributed by atoms with Crippen molar-refractivity contribution < 1.29 is 5.11 Å².